The first kappa shape index (κ1) is 28.7. The lowest BCUT2D eigenvalue weighted by atomic mass is 9.95. The second-order valence-corrected chi connectivity index (χ2v) is 11.7. The van der Waals surface area contributed by atoms with Crippen molar-refractivity contribution in [3.8, 4) is 6.07 Å². The standard InChI is InChI=1S/C31H31F3N6O3/c1-38-14-11-23(12-15-38)40(28(42)43-17-21-6-3-2-4-7-21)37-27(41)29-18-30(29,31(32,33)34)20-39(19-29)25-10-9-22(16-35)26-24(25)8-5-13-36-26/h2-10,13,23H,11-12,14-15,17-20H2,1H3,(H,37,41)/t29-,30-/m0/s1. The summed E-state index contributed by atoms with van der Waals surface area (Å²) >= 11 is 0. The third-order valence-electron chi connectivity index (χ3n) is 9.18. The normalized spacial score (nSPS) is 23.8. The number of carbonyl (C=O) groups is 2. The van der Waals surface area contributed by atoms with Gasteiger partial charge >= 0.3 is 12.3 Å². The van der Waals surface area contributed by atoms with Crippen LogP contribution in [0.2, 0.25) is 0 Å². The van der Waals surface area contributed by atoms with Crippen LogP contribution < -0.4 is 10.3 Å². The number of benzene rings is 2. The first-order valence-electron chi connectivity index (χ1n) is 14.2. The monoisotopic (exact) mass is 592 g/mol. The SMILES string of the molecule is CN1CCC(N(NC(=O)[C@]23CN(c4ccc(C#N)c5ncccc45)C[C@@]2(C(F)(F)F)C3)C(=O)OCc2ccccc2)CC1. The number of rotatable bonds is 5. The zero-order chi connectivity index (χ0) is 30.4. The van der Waals surface area contributed by atoms with Gasteiger partial charge in [-0.05, 0) is 69.2 Å². The van der Waals surface area contributed by atoms with Crippen LogP contribution in [-0.2, 0) is 16.1 Å². The highest BCUT2D eigenvalue weighted by atomic mass is 19.4. The quantitative estimate of drug-likeness (QED) is 0.431. The van der Waals surface area contributed by atoms with Gasteiger partial charge in [0.2, 0.25) is 5.91 Å². The van der Waals surface area contributed by atoms with Crippen molar-refractivity contribution in [2.24, 2.45) is 10.8 Å². The highest BCUT2D eigenvalue weighted by molar-refractivity contribution is 5.97. The zero-order valence-corrected chi connectivity index (χ0v) is 23.6. The molecule has 6 rings (SSSR count). The summed E-state index contributed by atoms with van der Waals surface area (Å²) in [4.78, 5) is 35.2. The van der Waals surface area contributed by atoms with Crippen molar-refractivity contribution in [2.45, 2.75) is 38.1 Å². The minimum atomic E-state index is -4.66. The van der Waals surface area contributed by atoms with Gasteiger partial charge in [-0.1, -0.05) is 30.3 Å². The number of hydrogen-bond acceptors (Lipinski definition) is 7. The predicted octanol–water partition coefficient (Wildman–Crippen LogP) is 4.63. The fourth-order valence-corrected chi connectivity index (χ4v) is 6.66. The van der Waals surface area contributed by atoms with Crippen molar-refractivity contribution < 1.29 is 27.5 Å². The molecule has 2 saturated heterocycles. The molecule has 1 saturated carbocycles. The van der Waals surface area contributed by atoms with Gasteiger partial charge < -0.3 is 14.5 Å². The maximum absolute atomic E-state index is 14.7. The Morgan fingerprint density at radius 3 is 2.56 bits per heavy atom. The average molecular weight is 593 g/mol. The molecule has 3 aromatic rings. The second-order valence-electron chi connectivity index (χ2n) is 11.7. The number of alkyl halides is 3. The minimum absolute atomic E-state index is 0.0378. The Morgan fingerprint density at radius 2 is 1.86 bits per heavy atom. The van der Waals surface area contributed by atoms with Crippen molar-refractivity contribution in [1.29, 1.82) is 5.26 Å². The Kier molecular flexibility index (Phi) is 7.16. The summed E-state index contributed by atoms with van der Waals surface area (Å²) in [6.45, 7) is 0.660. The van der Waals surface area contributed by atoms with Gasteiger partial charge in [-0.25, -0.2) is 9.80 Å². The van der Waals surface area contributed by atoms with Crippen LogP contribution in [0.1, 0.15) is 30.4 Å². The highest BCUT2D eigenvalue weighted by Gasteiger charge is 2.86. The van der Waals surface area contributed by atoms with Gasteiger partial charge in [-0.15, -0.1) is 0 Å². The molecule has 2 atom stereocenters. The molecule has 12 heteroatoms. The van der Waals surface area contributed by atoms with Crippen molar-refractivity contribution in [3.63, 3.8) is 0 Å². The number of fused-ring (bicyclic) bond motifs is 2. The topological polar surface area (TPSA) is 102 Å². The number of hydrazine groups is 1. The first-order valence-corrected chi connectivity index (χ1v) is 14.2. The lowest BCUT2D eigenvalue weighted by Gasteiger charge is -2.37. The van der Waals surface area contributed by atoms with E-state index in [1.54, 1.807) is 35.2 Å². The van der Waals surface area contributed by atoms with E-state index in [4.69, 9.17) is 4.74 Å². The Hall–Kier alpha value is -4.37. The number of hydrogen-bond donors (Lipinski definition) is 1. The van der Waals surface area contributed by atoms with E-state index in [9.17, 15) is 28.0 Å². The molecule has 3 fully saturated rings. The maximum Gasteiger partial charge on any atom is 0.429 e. The molecule has 3 heterocycles. The molecule has 1 N–H and O–H groups in total. The van der Waals surface area contributed by atoms with Gasteiger partial charge in [0.05, 0.1) is 22.5 Å². The molecule has 43 heavy (non-hydrogen) atoms. The molecular formula is C31H31F3N6O3. The lowest BCUT2D eigenvalue weighted by Crippen LogP contribution is -2.57. The van der Waals surface area contributed by atoms with Crippen LogP contribution in [0.25, 0.3) is 10.9 Å². The van der Waals surface area contributed by atoms with Crippen LogP contribution in [-0.4, -0.2) is 72.3 Å². The second kappa shape index (κ2) is 10.7. The molecule has 0 spiro atoms. The van der Waals surface area contributed by atoms with E-state index in [1.807, 2.05) is 25.2 Å². The number of aromatic nitrogens is 1. The van der Waals surface area contributed by atoms with Gasteiger partial charge in [-0.2, -0.15) is 18.4 Å². The number of pyridine rings is 1. The summed E-state index contributed by atoms with van der Waals surface area (Å²) < 4.78 is 49.8. The number of piperidine rings is 2. The summed E-state index contributed by atoms with van der Waals surface area (Å²) in [6, 6.07) is 17.2. The van der Waals surface area contributed by atoms with Crippen molar-refractivity contribution in [3.05, 3.63) is 71.9 Å². The summed E-state index contributed by atoms with van der Waals surface area (Å²) in [7, 11) is 1.95. The lowest BCUT2D eigenvalue weighted by molar-refractivity contribution is -0.192. The summed E-state index contributed by atoms with van der Waals surface area (Å²) in [5.74, 6) is -0.848. The van der Waals surface area contributed by atoms with E-state index in [2.05, 4.69) is 21.4 Å². The molecule has 3 aliphatic rings. The van der Waals surface area contributed by atoms with Crippen LogP contribution in [0.15, 0.2) is 60.8 Å². The predicted molar refractivity (Wildman–Crippen MR) is 151 cm³/mol. The molecule has 0 unspecified atom stereocenters. The van der Waals surface area contributed by atoms with E-state index in [-0.39, 0.29) is 19.6 Å². The van der Waals surface area contributed by atoms with E-state index in [1.165, 1.54) is 12.3 Å². The fourth-order valence-electron chi connectivity index (χ4n) is 6.66. The number of carbonyl (C=O) groups excluding carboxylic acids is 2. The van der Waals surface area contributed by atoms with Crippen molar-refractivity contribution in [2.75, 3.05) is 38.1 Å². The fraction of sp³-hybridized carbons (Fsp3) is 0.419. The molecule has 224 valence electrons. The smallest absolute Gasteiger partial charge is 0.429 e. The van der Waals surface area contributed by atoms with E-state index < -0.39 is 41.6 Å². The average Bonchev–Trinajstić information content (AvgIpc) is 3.56. The minimum Gasteiger partial charge on any atom is -0.443 e. The van der Waals surface area contributed by atoms with Gasteiger partial charge in [0, 0.05) is 30.4 Å². The van der Waals surface area contributed by atoms with E-state index in [0.717, 1.165) is 10.6 Å². The summed E-state index contributed by atoms with van der Waals surface area (Å²) in [5, 5.41) is 11.1. The Bertz CT molecular complexity index is 1590. The molecule has 2 aromatic carbocycles. The first-order chi connectivity index (χ1) is 20.6. The van der Waals surface area contributed by atoms with Crippen molar-refractivity contribution >= 4 is 28.6 Å². The number of likely N-dealkylation sites (tertiary alicyclic amines) is 1. The molecule has 0 radical (unpaired) electrons. The maximum atomic E-state index is 14.7. The Morgan fingerprint density at radius 1 is 1.12 bits per heavy atom. The van der Waals surface area contributed by atoms with Gasteiger partial charge in [-0.3, -0.25) is 15.2 Å². The molecule has 2 aliphatic heterocycles. The van der Waals surface area contributed by atoms with E-state index >= 15 is 0 Å². The number of nitrogens with zero attached hydrogens (tertiary/aromatic N) is 5. The molecular weight excluding hydrogens is 561 g/mol. The van der Waals surface area contributed by atoms with Crippen LogP contribution in [0.3, 0.4) is 0 Å². The molecule has 1 aliphatic carbocycles. The molecule has 0 bridgehead atoms. The number of anilines is 1. The molecule has 2 amide bonds. The van der Waals surface area contributed by atoms with Gasteiger partial charge in [0.25, 0.3) is 0 Å². The number of nitrogens with one attached hydrogen (secondary N) is 1. The summed E-state index contributed by atoms with van der Waals surface area (Å²) in [5.41, 5.74) is 0.448. The third kappa shape index (κ3) is 4.91. The number of ether oxygens (including phenoxy) is 1. The molecule has 1 aromatic heterocycles. The third-order valence-corrected chi connectivity index (χ3v) is 9.18. The van der Waals surface area contributed by atoms with Crippen LogP contribution in [0.5, 0.6) is 0 Å². The van der Waals surface area contributed by atoms with Crippen molar-refractivity contribution in [1.82, 2.24) is 20.3 Å². The molecule has 9 nitrogen and oxygen atoms in total. The Labute approximate surface area is 246 Å². The number of amides is 2. The number of halogens is 3. The zero-order valence-electron chi connectivity index (χ0n) is 23.6. The van der Waals surface area contributed by atoms with E-state index in [0.29, 0.717) is 48.1 Å². The largest absolute Gasteiger partial charge is 0.443 e. The van der Waals surface area contributed by atoms with Crippen LogP contribution >= 0.6 is 0 Å². The Balaban J connectivity index is 1.28. The summed E-state index contributed by atoms with van der Waals surface area (Å²) in [6.07, 6.45) is -3.25. The van der Waals surface area contributed by atoms with Crippen LogP contribution in [0, 0.1) is 22.2 Å². The van der Waals surface area contributed by atoms with Gasteiger partial charge in [0.15, 0.2) is 0 Å². The highest BCUT2D eigenvalue weighted by Crippen LogP contribution is 2.75. The number of nitriles is 1. The van der Waals surface area contributed by atoms with Gasteiger partial charge in [0.1, 0.15) is 18.1 Å². The van der Waals surface area contributed by atoms with Crippen LogP contribution in [0.4, 0.5) is 23.7 Å².